The summed E-state index contributed by atoms with van der Waals surface area (Å²) in [6, 6.07) is 5.87. The molecule has 0 saturated carbocycles. The number of fused-ring (bicyclic) bond motifs is 1. The van der Waals surface area contributed by atoms with Gasteiger partial charge in [-0.1, -0.05) is 13.0 Å². The Morgan fingerprint density at radius 1 is 1.35 bits per heavy atom. The lowest BCUT2D eigenvalue weighted by molar-refractivity contribution is -0.129. The molecule has 0 radical (unpaired) electrons. The molecule has 6 nitrogen and oxygen atoms in total. The summed E-state index contributed by atoms with van der Waals surface area (Å²) in [5.41, 5.74) is 4.54. The molecule has 0 aliphatic carbocycles. The molecule has 0 atom stereocenters. The number of nitrogens with zero attached hydrogens (tertiary/aromatic N) is 4. The summed E-state index contributed by atoms with van der Waals surface area (Å²) in [6.45, 7) is 5.16. The van der Waals surface area contributed by atoms with Crippen LogP contribution in [-0.4, -0.2) is 45.8 Å². The number of likely N-dealkylation sites (N-methyl/N-ethyl adjacent to an activating group) is 1. The molecule has 26 heavy (non-hydrogen) atoms. The lowest BCUT2D eigenvalue weighted by Gasteiger charge is -2.17. The maximum absolute atomic E-state index is 12.5. The summed E-state index contributed by atoms with van der Waals surface area (Å²) < 4.78 is 7.73. The highest BCUT2D eigenvalue weighted by atomic mass is 16.5. The van der Waals surface area contributed by atoms with E-state index in [2.05, 4.69) is 16.6 Å². The van der Waals surface area contributed by atoms with E-state index in [0.29, 0.717) is 26.0 Å². The number of rotatable bonds is 8. The zero-order valence-corrected chi connectivity index (χ0v) is 15.8. The maximum atomic E-state index is 12.5. The number of hydrogen-bond acceptors (Lipinski definition) is 4. The minimum atomic E-state index is 0.149. The van der Waals surface area contributed by atoms with Gasteiger partial charge >= 0.3 is 0 Å². The fourth-order valence-electron chi connectivity index (χ4n) is 3.35. The number of hydrogen-bond donors (Lipinski definition) is 0. The molecule has 2 aromatic rings. The Bertz CT molecular complexity index is 727. The molecule has 0 saturated heterocycles. The zero-order chi connectivity index (χ0) is 18.4. The van der Waals surface area contributed by atoms with Crippen molar-refractivity contribution >= 4 is 5.91 Å². The molecule has 140 valence electrons. The SMILES string of the molecule is CCCn1nc(CCC(=O)N(C)CCc2ccccn2)c2c1CCOC2. The van der Waals surface area contributed by atoms with Crippen LogP contribution in [0.15, 0.2) is 24.4 Å². The van der Waals surface area contributed by atoms with Gasteiger partial charge in [-0.3, -0.25) is 14.5 Å². The van der Waals surface area contributed by atoms with E-state index in [1.165, 1.54) is 11.3 Å². The molecule has 0 N–H and O–H groups in total. The Balaban J connectivity index is 1.55. The fourth-order valence-corrected chi connectivity index (χ4v) is 3.35. The summed E-state index contributed by atoms with van der Waals surface area (Å²) in [7, 11) is 1.86. The van der Waals surface area contributed by atoms with E-state index in [1.54, 1.807) is 11.1 Å². The monoisotopic (exact) mass is 356 g/mol. The number of pyridine rings is 1. The summed E-state index contributed by atoms with van der Waals surface area (Å²) in [6.07, 6.45) is 5.69. The summed E-state index contributed by atoms with van der Waals surface area (Å²) in [5.74, 6) is 0.149. The minimum absolute atomic E-state index is 0.149. The highest BCUT2D eigenvalue weighted by molar-refractivity contribution is 5.76. The topological polar surface area (TPSA) is 60.2 Å². The van der Waals surface area contributed by atoms with E-state index in [1.807, 2.05) is 25.2 Å². The number of aromatic nitrogens is 3. The minimum Gasteiger partial charge on any atom is -0.376 e. The Kier molecular flexibility index (Phi) is 6.39. The van der Waals surface area contributed by atoms with Crippen molar-refractivity contribution in [3.05, 3.63) is 47.0 Å². The molecule has 0 bridgehead atoms. The van der Waals surface area contributed by atoms with Gasteiger partial charge in [0, 0.05) is 69.0 Å². The molecule has 1 aliphatic rings. The van der Waals surface area contributed by atoms with Crippen LogP contribution >= 0.6 is 0 Å². The number of aryl methyl sites for hydroxylation is 2. The predicted octanol–water partition coefficient (Wildman–Crippen LogP) is 2.39. The van der Waals surface area contributed by atoms with Gasteiger partial charge in [-0.05, 0) is 18.6 Å². The van der Waals surface area contributed by atoms with Gasteiger partial charge in [0.2, 0.25) is 5.91 Å². The van der Waals surface area contributed by atoms with Gasteiger partial charge < -0.3 is 9.64 Å². The molecule has 0 aromatic carbocycles. The molecule has 0 fully saturated rings. The Hall–Kier alpha value is -2.21. The summed E-state index contributed by atoms with van der Waals surface area (Å²) in [5, 5.41) is 4.76. The van der Waals surface area contributed by atoms with Crippen molar-refractivity contribution in [2.24, 2.45) is 0 Å². The van der Waals surface area contributed by atoms with Crippen LogP contribution in [0.5, 0.6) is 0 Å². The normalized spacial score (nSPS) is 13.5. The molecule has 0 unspecified atom stereocenters. The lowest BCUT2D eigenvalue weighted by Crippen LogP contribution is -2.29. The van der Waals surface area contributed by atoms with E-state index in [0.717, 1.165) is 43.8 Å². The van der Waals surface area contributed by atoms with E-state index in [4.69, 9.17) is 9.84 Å². The highest BCUT2D eigenvalue weighted by Crippen LogP contribution is 2.22. The summed E-state index contributed by atoms with van der Waals surface area (Å²) in [4.78, 5) is 18.6. The van der Waals surface area contributed by atoms with Crippen LogP contribution in [0.3, 0.4) is 0 Å². The zero-order valence-electron chi connectivity index (χ0n) is 15.8. The van der Waals surface area contributed by atoms with Crippen molar-refractivity contribution in [1.29, 1.82) is 0 Å². The second-order valence-corrected chi connectivity index (χ2v) is 6.78. The van der Waals surface area contributed by atoms with Gasteiger partial charge in [-0.25, -0.2) is 0 Å². The van der Waals surface area contributed by atoms with E-state index in [-0.39, 0.29) is 5.91 Å². The van der Waals surface area contributed by atoms with Crippen molar-refractivity contribution < 1.29 is 9.53 Å². The highest BCUT2D eigenvalue weighted by Gasteiger charge is 2.21. The van der Waals surface area contributed by atoms with Gasteiger partial charge in [0.15, 0.2) is 0 Å². The van der Waals surface area contributed by atoms with Crippen molar-refractivity contribution in [1.82, 2.24) is 19.7 Å². The lowest BCUT2D eigenvalue weighted by atomic mass is 10.1. The van der Waals surface area contributed by atoms with Crippen LogP contribution in [0, 0.1) is 0 Å². The molecule has 1 amide bonds. The second-order valence-electron chi connectivity index (χ2n) is 6.78. The third-order valence-electron chi connectivity index (χ3n) is 4.85. The van der Waals surface area contributed by atoms with E-state index < -0.39 is 0 Å². The smallest absolute Gasteiger partial charge is 0.222 e. The Morgan fingerprint density at radius 3 is 3.00 bits per heavy atom. The van der Waals surface area contributed by atoms with Crippen LogP contribution in [0.1, 0.15) is 42.4 Å². The van der Waals surface area contributed by atoms with Crippen LogP contribution in [0.4, 0.5) is 0 Å². The molecular weight excluding hydrogens is 328 g/mol. The van der Waals surface area contributed by atoms with E-state index >= 15 is 0 Å². The first-order valence-corrected chi connectivity index (χ1v) is 9.48. The molecule has 3 rings (SSSR count). The van der Waals surface area contributed by atoms with Crippen molar-refractivity contribution in [2.75, 3.05) is 20.2 Å². The first kappa shape index (κ1) is 18.6. The number of ether oxygens (including phenoxy) is 1. The van der Waals surface area contributed by atoms with Crippen LogP contribution in [0.2, 0.25) is 0 Å². The van der Waals surface area contributed by atoms with Crippen LogP contribution in [-0.2, 0) is 41.9 Å². The molecular formula is C20H28N4O2. The average molecular weight is 356 g/mol. The average Bonchev–Trinajstić information content (AvgIpc) is 3.03. The van der Waals surface area contributed by atoms with Crippen molar-refractivity contribution in [2.45, 2.75) is 52.2 Å². The molecule has 6 heteroatoms. The van der Waals surface area contributed by atoms with Crippen LogP contribution in [0.25, 0.3) is 0 Å². The van der Waals surface area contributed by atoms with Gasteiger partial charge in [0.1, 0.15) is 0 Å². The van der Waals surface area contributed by atoms with E-state index in [9.17, 15) is 4.79 Å². The largest absolute Gasteiger partial charge is 0.376 e. The molecule has 1 aliphatic heterocycles. The number of carbonyl (C=O) groups is 1. The van der Waals surface area contributed by atoms with Crippen molar-refractivity contribution in [3.63, 3.8) is 0 Å². The van der Waals surface area contributed by atoms with Gasteiger partial charge in [0.05, 0.1) is 18.9 Å². The van der Waals surface area contributed by atoms with Crippen LogP contribution < -0.4 is 0 Å². The Labute approximate surface area is 155 Å². The molecule has 3 heterocycles. The quantitative estimate of drug-likeness (QED) is 0.729. The standard InChI is InChI=1S/C20H28N4O2/c1-3-12-24-19-10-14-26-15-17(19)18(22-24)7-8-20(25)23(2)13-9-16-6-4-5-11-21-16/h4-6,11H,3,7-10,12-15H2,1-2H3. The van der Waals surface area contributed by atoms with Crippen molar-refractivity contribution in [3.8, 4) is 0 Å². The first-order chi connectivity index (χ1) is 12.7. The predicted molar refractivity (Wildman–Crippen MR) is 99.8 cm³/mol. The van der Waals surface area contributed by atoms with Gasteiger partial charge in [-0.2, -0.15) is 5.10 Å². The first-order valence-electron chi connectivity index (χ1n) is 9.48. The third-order valence-corrected chi connectivity index (χ3v) is 4.85. The fraction of sp³-hybridized carbons (Fsp3) is 0.550. The molecule has 2 aromatic heterocycles. The number of amides is 1. The summed E-state index contributed by atoms with van der Waals surface area (Å²) >= 11 is 0. The Morgan fingerprint density at radius 2 is 2.23 bits per heavy atom. The maximum Gasteiger partial charge on any atom is 0.222 e. The van der Waals surface area contributed by atoms with Gasteiger partial charge in [0.25, 0.3) is 0 Å². The third kappa shape index (κ3) is 4.49. The molecule has 0 spiro atoms. The number of carbonyl (C=O) groups excluding carboxylic acids is 1. The van der Waals surface area contributed by atoms with Gasteiger partial charge in [-0.15, -0.1) is 0 Å². The second kappa shape index (κ2) is 8.94.